The molecule has 0 spiro atoms. The molecule has 3 aromatic carbocycles. The van der Waals surface area contributed by atoms with Gasteiger partial charge >= 0.3 is 0 Å². The number of amides is 1. The van der Waals surface area contributed by atoms with Crippen molar-refractivity contribution in [3.05, 3.63) is 123 Å². The van der Waals surface area contributed by atoms with Gasteiger partial charge < -0.3 is 14.4 Å². The van der Waals surface area contributed by atoms with Crippen molar-refractivity contribution in [3.63, 3.8) is 0 Å². The Hall–Kier alpha value is -4.13. The normalized spacial score (nSPS) is 13.8. The van der Waals surface area contributed by atoms with Crippen LogP contribution in [0.15, 0.2) is 85.1 Å². The first kappa shape index (κ1) is 30.3. The number of hydrogen-bond donors (Lipinski definition) is 0. The molecule has 1 saturated heterocycles. The number of piperazine rings is 1. The molecule has 0 radical (unpaired) electrons. The number of hydrogen-bond acceptors (Lipinski definition) is 5. The molecule has 2 heterocycles. The zero-order valence-electron chi connectivity index (χ0n) is 25.1. The molecule has 0 aliphatic carbocycles. The summed E-state index contributed by atoms with van der Waals surface area (Å²) in [4.78, 5) is 21.5. The summed E-state index contributed by atoms with van der Waals surface area (Å²) >= 11 is 6.60. The Morgan fingerprint density at radius 2 is 1.56 bits per heavy atom. The zero-order chi connectivity index (χ0) is 30.2. The lowest BCUT2D eigenvalue weighted by Gasteiger charge is -2.34. The summed E-state index contributed by atoms with van der Waals surface area (Å²) in [7, 11) is 0. The number of benzene rings is 3. The van der Waals surface area contributed by atoms with E-state index in [1.54, 1.807) is 24.4 Å². The molecule has 0 saturated carbocycles. The minimum atomic E-state index is 0.00876. The predicted molar refractivity (Wildman–Crippen MR) is 173 cm³/mol. The van der Waals surface area contributed by atoms with Gasteiger partial charge in [0.1, 0.15) is 5.75 Å². The van der Waals surface area contributed by atoms with Crippen LogP contribution in [0.2, 0.25) is 5.02 Å². The van der Waals surface area contributed by atoms with Crippen molar-refractivity contribution in [1.29, 1.82) is 0 Å². The maximum absolute atomic E-state index is 12.9. The molecule has 4 aromatic rings. The van der Waals surface area contributed by atoms with Crippen molar-refractivity contribution in [2.75, 3.05) is 32.8 Å². The fourth-order valence-corrected chi connectivity index (χ4v) is 5.31. The third kappa shape index (κ3) is 8.69. The molecule has 0 bridgehead atoms. The van der Waals surface area contributed by atoms with Gasteiger partial charge in [0.2, 0.25) is 11.8 Å². The first-order valence-electron chi connectivity index (χ1n) is 14.7. The molecule has 43 heavy (non-hydrogen) atoms. The molecule has 5 rings (SSSR count). The van der Waals surface area contributed by atoms with Crippen molar-refractivity contribution in [1.82, 2.24) is 14.8 Å². The van der Waals surface area contributed by atoms with E-state index in [1.165, 1.54) is 22.3 Å². The molecule has 1 aliphatic heterocycles. The molecule has 0 unspecified atom stereocenters. The lowest BCUT2D eigenvalue weighted by molar-refractivity contribution is -0.127. The van der Waals surface area contributed by atoms with Gasteiger partial charge in [0.05, 0.1) is 17.8 Å². The number of halogens is 1. The van der Waals surface area contributed by atoms with E-state index < -0.39 is 0 Å². The average molecular weight is 596 g/mol. The van der Waals surface area contributed by atoms with Crippen LogP contribution in [0.4, 0.5) is 0 Å². The number of aryl methyl sites for hydroxylation is 3. The third-order valence-electron chi connectivity index (χ3n) is 7.58. The standard InChI is InChI=1S/C36H38ClN3O3/c1-26-4-8-29(9-5-26)16-21-42-32-13-14-34(38-24-32)43-36-28(3)22-31(23-33(36)37)12-15-35(41)40-19-17-39(18-20-40)25-30-10-6-27(2)7-11-30/h4-15,22-24H,16-21,25H2,1-3H3. The van der Waals surface area contributed by atoms with Crippen LogP contribution in [0.3, 0.4) is 0 Å². The smallest absolute Gasteiger partial charge is 0.246 e. The molecule has 1 aromatic heterocycles. The number of pyridine rings is 1. The van der Waals surface area contributed by atoms with Crippen LogP contribution in [0.25, 0.3) is 6.08 Å². The Labute approximate surface area is 259 Å². The maximum atomic E-state index is 12.9. The van der Waals surface area contributed by atoms with Gasteiger partial charge in [0.15, 0.2) is 5.75 Å². The highest BCUT2D eigenvalue weighted by Gasteiger charge is 2.20. The summed E-state index contributed by atoms with van der Waals surface area (Å²) in [6.07, 6.45) is 5.91. The summed E-state index contributed by atoms with van der Waals surface area (Å²) < 4.78 is 11.9. The highest BCUT2D eigenvalue weighted by Crippen LogP contribution is 2.34. The van der Waals surface area contributed by atoms with E-state index in [0.717, 1.165) is 37.2 Å². The Bertz CT molecular complexity index is 1520. The van der Waals surface area contributed by atoms with Crippen molar-refractivity contribution >= 4 is 23.6 Å². The van der Waals surface area contributed by atoms with Gasteiger partial charge in [-0.3, -0.25) is 9.69 Å². The van der Waals surface area contributed by atoms with E-state index in [-0.39, 0.29) is 5.91 Å². The summed E-state index contributed by atoms with van der Waals surface area (Å²) in [5.41, 5.74) is 6.74. The van der Waals surface area contributed by atoms with Gasteiger partial charge in [-0.15, -0.1) is 0 Å². The Kier molecular flexibility index (Phi) is 10.1. The molecule has 0 atom stereocenters. The Morgan fingerprint density at radius 1 is 0.884 bits per heavy atom. The molecule has 1 fully saturated rings. The molecule has 1 aliphatic rings. The lowest BCUT2D eigenvalue weighted by Crippen LogP contribution is -2.47. The second-order valence-electron chi connectivity index (χ2n) is 11.1. The minimum Gasteiger partial charge on any atom is -0.492 e. The quantitative estimate of drug-likeness (QED) is 0.178. The second kappa shape index (κ2) is 14.4. The minimum absolute atomic E-state index is 0.00876. The van der Waals surface area contributed by atoms with Gasteiger partial charge in [-0.1, -0.05) is 71.3 Å². The molecule has 222 valence electrons. The SMILES string of the molecule is Cc1ccc(CCOc2ccc(Oc3c(C)cc(C=CC(=O)N4CCN(Cc5ccc(C)cc5)CC4)cc3Cl)nc2)cc1. The van der Waals surface area contributed by atoms with Crippen LogP contribution in [-0.4, -0.2) is 53.5 Å². The van der Waals surface area contributed by atoms with E-state index in [1.807, 2.05) is 30.0 Å². The molecular formula is C36H38ClN3O3. The maximum Gasteiger partial charge on any atom is 0.246 e. The van der Waals surface area contributed by atoms with Gasteiger partial charge in [0.25, 0.3) is 0 Å². The fraction of sp³-hybridized carbons (Fsp3) is 0.278. The van der Waals surface area contributed by atoms with Crippen LogP contribution < -0.4 is 9.47 Å². The molecular weight excluding hydrogens is 558 g/mol. The number of aromatic nitrogens is 1. The van der Waals surface area contributed by atoms with Crippen LogP contribution in [0, 0.1) is 20.8 Å². The molecule has 7 heteroatoms. The largest absolute Gasteiger partial charge is 0.492 e. The van der Waals surface area contributed by atoms with E-state index in [0.29, 0.717) is 42.1 Å². The Balaban J connectivity index is 1.10. The fourth-order valence-electron chi connectivity index (χ4n) is 4.99. The summed E-state index contributed by atoms with van der Waals surface area (Å²) in [5.74, 6) is 1.65. The summed E-state index contributed by atoms with van der Waals surface area (Å²) in [6.45, 7) is 10.7. The van der Waals surface area contributed by atoms with Crippen LogP contribution in [0.1, 0.15) is 33.4 Å². The Morgan fingerprint density at radius 3 is 2.19 bits per heavy atom. The van der Waals surface area contributed by atoms with Gasteiger partial charge in [-0.05, 0) is 67.3 Å². The predicted octanol–water partition coefficient (Wildman–Crippen LogP) is 7.43. The van der Waals surface area contributed by atoms with Crippen molar-refractivity contribution < 1.29 is 14.3 Å². The highest BCUT2D eigenvalue weighted by atomic mass is 35.5. The molecule has 1 amide bonds. The van der Waals surface area contributed by atoms with Crippen LogP contribution >= 0.6 is 11.6 Å². The van der Waals surface area contributed by atoms with Gasteiger partial charge in [-0.25, -0.2) is 4.98 Å². The molecule has 0 N–H and O–H groups in total. The van der Waals surface area contributed by atoms with Crippen LogP contribution in [-0.2, 0) is 17.8 Å². The van der Waals surface area contributed by atoms with Crippen molar-refractivity contribution in [2.45, 2.75) is 33.7 Å². The number of rotatable bonds is 10. The topological polar surface area (TPSA) is 54.9 Å². The van der Waals surface area contributed by atoms with Gasteiger partial charge in [-0.2, -0.15) is 0 Å². The number of nitrogens with zero attached hydrogens (tertiary/aromatic N) is 3. The lowest BCUT2D eigenvalue weighted by atomic mass is 10.1. The number of carbonyl (C=O) groups is 1. The van der Waals surface area contributed by atoms with Crippen LogP contribution in [0.5, 0.6) is 17.4 Å². The summed E-state index contributed by atoms with van der Waals surface area (Å²) in [5, 5.41) is 0.456. The van der Waals surface area contributed by atoms with Gasteiger partial charge in [0, 0.05) is 51.3 Å². The first-order chi connectivity index (χ1) is 20.8. The van der Waals surface area contributed by atoms with E-state index in [2.05, 4.69) is 72.3 Å². The highest BCUT2D eigenvalue weighted by molar-refractivity contribution is 6.32. The summed E-state index contributed by atoms with van der Waals surface area (Å²) in [6, 6.07) is 24.5. The first-order valence-corrected chi connectivity index (χ1v) is 15.1. The second-order valence-corrected chi connectivity index (χ2v) is 11.5. The molecule has 6 nitrogen and oxygen atoms in total. The van der Waals surface area contributed by atoms with E-state index >= 15 is 0 Å². The van der Waals surface area contributed by atoms with Crippen molar-refractivity contribution in [3.8, 4) is 17.4 Å². The zero-order valence-corrected chi connectivity index (χ0v) is 25.8. The monoisotopic (exact) mass is 595 g/mol. The number of carbonyl (C=O) groups excluding carboxylic acids is 1. The van der Waals surface area contributed by atoms with E-state index in [4.69, 9.17) is 21.1 Å². The van der Waals surface area contributed by atoms with E-state index in [9.17, 15) is 4.79 Å². The third-order valence-corrected chi connectivity index (χ3v) is 7.86. The number of ether oxygens (including phenoxy) is 2. The average Bonchev–Trinajstić information content (AvgIpc) is 3.01. The van der Waals surface area contributed by atoms with Crippen molar-refractivity contribution in [2.24, 2.45) is 0 Å².